The Labute approximate surface area is 108 Å². The van der Waals surface area contributed by atoms with Gasteiger partial charge in [0, 0.05) is 6.42 Å². The van der Waals surface area contributed by atoms with Gasteiger partial charge in [0.1, 0.15) is 11.4 Å². The van der Waals surface area contributed by atoms with Crippen molar-refractivity contribution in [3.63, 3.8) is 0 Å². The van der Waals surface area contributed by atoms with Gasteiger partial charge in [0.15, 0.2) is 5.69 Å². The summed E-state index contributed by atoms with van der Waals surface area (Å²) < 4.78 is 4.71. The van der Waals surface area contributed by atoms with Gasteiger partial charge in [-0.2, -0.15) is 0 Å². The Hall–Kier alpha value is -1.36. The molecule has 2 N–H and O–H groups in total. The summed E-state index contributed by atoms with van der Waals surface area (Å²) in [5.41, 5.74) is -0.434. The largest absolute Gasteiger partial charge is 0.464 e. The van der Waals surface area contributed by atoms with Crippen LogP contribution in [0.4, 0.5) is 0 Å². The minimum atomic E-state index is -1.09. The van der Waals surface area contributed by atoms with Gasteiger partial charge in [-0.15, -0.1) is 0 Å². The number of aryl methyl sites for hydroxylation is 1. The Morgan fingerprint density at radius 2 is 2.11 bits per heavy atom. The Bertz CT molecular complexity index is 410. The Morgan fingerprint density at radius 1 is 1.44 bits per heavy atom. The maximum absolute atomic E-state index is 11.7. The molecule has 0 aliphatic carbocycles. The van der Waals surface area contributed by atoms with Crippen molar-refractivity contribution in [2.24, 2.45) is 0 Å². The van der Waals surface area contributed by atoms with Crippen LogP contribution in [0.1, 0.15) is 62.0 Å². The van der Waals surface area contributed by atoms with Crippen LogP contribution in [0.3, 0.4) is 0 Å². The molecule has 102 valence electrons. The van der Waals surface area contributed by atoms with Gasteiger partial charge in [0.25, 0.3) is 0 Å². The number of hydrogen-bond acceptors (Lipinski definition) is 4. The molecule has 0 aromatic carbocycles. The highest BCUT2D eigenvalue weighted by molar-refractivity contribution is 5.88. The summed E-state index contributed by atoms with van der Waals surface area (Å²) in [6.45, 7) is 5.70. The number of methoxy groups -OCH3 is 1. The first-order valence-electron chi connectivity index (χ1n) is 6.36. The number of aromatic amines is 1. The highest BCUT2D eigenvalue weighted by Crippen LogP contribution is 2.28. The summed E-state index contributed by atoms with van der Waals surface area (Å²) in [5, 5.41) is 10.4. The number of esters is 1. The van der Waals surface area contributed by atoms with Crippen LogP contribution in [-0.4, -0.2) is 28.2 Å². The average Bonchev–Trinajstić information content (AvgIpc) is 2.73. The molecule has 1 atom stereocenters. The molecule has 0 aliphatic heterocycles. The maximum atomic E-state index is 11.7. The van der Waals surface area contributed by atoms with E-state index in [0.717, 1.165) is 19.3 Å². The van der Waals surface area contributed by atoms with E-state index < -0.39 is 11.6 Å². The number of rotatable bonds is 6. The second-order valence-electron chi connectivity index (χ2n) is 4.67. The first kappa shape index (κ1) is 14.7. The number of H-pyrrole nitrogens is 1. The minimum Gasteiger partial charge on any atom is -0.464 e. The highest BCUT2D eigenvalue weighted by Gasteiger charge is 2.31. The summed E-state index contributed by atoms with van der Waals surface area (Å²) in [6.07, 6.45) is 3.04. The van der Waals surface area contributed by atoms with Gasteiger partial charge >= 0.3 is 5.97 Å². The van der Waals surface area contributed by atoms with Crippen LogP contribution in [0.25, 0.3) is 0 Å². The molecule has 1 rings (SSSR count). The van der Waals surface area contributed by atoms with E-state index in [1.54, 1.807) is 6.92 Å². The molecule has 5 heteroatoms. The van der Waals surface area contributed by atoms with Crippen molar-refractivity contribution in [3.05, 3.63) is 17.2 Å². The Balaban J connectivity index is 3.18. The molecular formula is C13H22N2O3. The van der Waals surface area contributed by atoms with E-state index >= 15 is 0 Å². The van der Waals surface area contributed by atoms with E-state index in [-0.39, 0.29) is 5.69 Å². The number of aromatic nitrogens is 2. The van der Waals surface area contributed by atoms with Crippen LogP contribution < -0.4 is 0 Å². The summed E-state index contributed by atoms with van der Waals surface area (Å²) in [6, 6.07) is 0. The molecule has 0 saturated carbocycles. The minimum absolute atomic E-state index is 0.194. The molecule has 0 bridgehead atoms. The van der Waals surface area contributed by atoms with Crippen molar-refractivity contribution in [2.75, 3.05) is 7.11 Å². The van der Waals surface area contributed by atoms with Crippen LogP contribution in [0.2, 0.25) is 0 Å². The molecule has 5 nitrogen and oxygen atoms in total. The van der Waals surface area contributed by atoms with Crippen LogP contribution in [0, 0.1) is 0 Å². The van der Waals surface area contributed by atoms with Crippen LogP contribution in [-0.2, 0) is 16.8 Å². The molecule has 1 aromatic rings. The van der Waals surface area contributed by atoms with Crippen molar-refractivity contribution in [1.82, 2.24) is 9.97 Å². The predicted octanol–water partition coefficient (Wildman–Crippen LogP) is 2.16. The number of nitrogens with zero attached hydrogens (tertiary/aromatic N) is 1. The summed E-state index contributed by atoms with van der Waals surface area (Å²) in [4.78, 5) is 19.0. The number of ether oxygens (including phenoxy) is 1. The smallest absolute Gasteiger partial charge is 0.358 e. The lowest BCUT2D eigenvalue weighted by Gasteiger charge is -2.21. The molecular weight excluding hydrogens is 232 g/mol. The molecule has 18 heavy (non-hydrogen) atoms. The Morgan fingerprint density at radius 3 is 2.61 bits per heavy atom. The molecule has 0 spiro atoms. The van der Waals surface area contributed by atoms with Gasteiger partial charge in [0.2, 0.25) is 0 Å². The van der Waals surface area contributed by atoms with E-state index in [1.807, 2.05) is 13.8 Å². The molecule has 1 unspecified atom stereocenters. The van der Waals surface area contributed by atoms with E-state index in [1.165, 1.54) is 7.11 Å². The molecule has 0 amide bonds. The molecule has 1 heterocycles. The summed E-state index contributed by atoms with van der Waals surface area (Å²) in [5.74, 6) is 0.198. The fourth-order valence-electron chi connectivity index (χ4n) is 2.02. The lowest BCUT2D eigenvalue weighted by molar-refractivity contribution is 0.0377. The standard InChI is InChI=1S/C13H22N2O3/c1-5-7-9-14-10(12(16)18-4)11(15-9)13(3,17)8-6-2/h17H,5-8H2,1-4H3,(H,14,15). The normalized spacial score (nSPS) is 14.3. The zero-order valence-electron chi connectivity index (χ0n) is 11.5. The van der Waals surface area contributed by atoms with Crippen molar-refractivity contribution >= 4 is 5.97 Å². The number of hydrogen-bond donors (Lipinski definition) is 2. The van der Waals surface area contributed by atoms with Gasteiger partial charge in [-0.05, 0) is 19.8 Å². The van der Waals surface area contributed by atoms with Gasteiger partial charge in [-0.25, -0.2) is 9.78 Å². The number of nitrogens with one attached hydrogen (secondary N) is 1. The average molecular weight is 254 g/mol. The van der Waals surface area contributed by atoms with E-state index in [4.69, 9.17) is 4.74 Å². The number of carbonyl (C=O) groups excluding carboxylic acids is 1. The van der Waals surface area contributed by atoms with Crippen LogP contribution in [0.15, 0.2) is 0 Å². The fourth-order valence-corrected chi connectivity index (χ4v) is 2.02. The van der Waals surface area contributed by atoms with Gasteiger partial charge in [0.05, 0.1) is 12.8 Å². The van der Waals surface area contributed by atoms with Crippen molar-refractivity contribution in [1.29, 1.82) is 0 Å². The van der Waals surface area contributed by atoms with Gasteiger partial charge in [-0.3, -0.25) is 0 Å². The summed E-state index contributed by atoms with van der Waals surface area (Å²) >= 11 is 0. The number of imidazole rings is 1. The lowest BCUT2D eigenvalue weighted by atomic mass is 9.95. The third-order valence-electron chi connectivity index (χ3n) is 2.89. The zero-order valence-corrected chi connectivity index (χ0v) is 11.5. The van der Waals surface area contributed by atoms with Crippen LogP contribution >= 0.6 is 0 Å². The predicted molar refractivity (Wildman–Crippen MR) is 68.4 cm³/mol. The maximum Gasteiger partial charge on any atom is 0.358 e. The second-order valence-corrected chi connectivity index (χ2v) is 4.67. The third-order valence-corrected chi connectivity index (χ3v) is 2.89. The fraction of sp³-hybridized carbons (Fsp3) is 0.692. The first-order valence-corrected chi connectivity index (χ1v) is 6.36. The van der Waals surface area contributed by atoms with Gasteiger partial charge in [-0.1, -0.05) is 20.3 Å². The quantitative estimate of drug-likeness (QED) is 0.763. The highest BCUT2D eigenvalue weighted by atomic mass is 16.5. The zero-order chi connectivity index (χ0) is 13.8. The molecule has 0 saturated heterocycles. The summed E-state index contributed by atoms with van der Waals surface area (Å²) in [7, 11) is 1.31. The Kier molecular flexibility index (Phi) is 4.90. The van der Waals surface area contributed by atoms with E-state index in [2.05, 4.69) is 9.97 Å². The third kappa shape index (κ3) is 3.10. The molecule has 0 aliphatic rings. The number of aliphatic hydroxyl groups is 1. The topological polar surface area (TPSA) is 75.2 Å². The molecule has 0 radical (unpaired) electrons. The lowest BCUT2D eigenvalue weighted by Crippen LogP contribution is -2.24. The first-order chi connectivity index (χ1) is 8.46. The van der Waals surface area contributed by atoms with E-state index in [9.17, 15) is 9.90 Å². The molecule has 0 fully saturated rings. The van der Waals surface area contributed by atoms with Gasteiger partial charge < -0.3 is 14.8 Å². The SMILES string of the molecule is CCCc1nc(C(=O)OC)c(C(C)(O)CCC)[nH]1. The second kappa shape index (κ2) is 6.00. The van der Waals surface area contributed by atoms with Crippen molar-refractivity contribution in [2.45, 2.75) is 52.1 Å². The number of carbonyl (C=O) groups is 1. The van der Waals surface area contributed by atoms with Crippen molar-refractivity contribution < 1.29 is 14.6 Å². The van der Waals surface area contributed by atoms with E-state index in [0.29, 0.717) is 17.9 Å². The monoisotopic (exact) mass is 254 g/mol. The van der Waals surface area contributed by atoms with Crippen molar-refractivity contribution in [3.8, 4) is 0 Å². The molecule has 1 aromatic heterocycles. The van der Waals surface area contributed by atoms with Crippen LogP contribution in [0.5, 0.6) is 0 Å².